The van der Waals surface area contributed by atoms with E-state index in [0.29, 0.717) is 26.4 Å². The Hall–Kier alpha value is -2.58. The van der Waals surface area contributed by atoms with E-state index < -0.39 is 36.6 Å². The zero-order valence-corrected chi connectivity index (χ0v) is 21.5. The molecule has 0 bridgehead atoms. The molecule has 0 radical (unpaired) electrons. The standard InChI is InChI=1S/C31H39NO5/c1-2-3-19-32-26-27(33)29(35-20-23-13-7-4-8-14-23)31(37-22-25-17-11-6-12-18-25)30(28(26)34)36-21-24-15-9-5-10-16-24/h4-18,26-34H,2-3,19-22H2,1H3/t26?,27-,28+,29+,30-,31?. The first-order chi connectivity index (χ1) is 18.2. The van der Waals surface area contributed by atoms with E-state index in [4.69, 9.17) is 14.2 Å². The minimum absolute atomic E-state index is 0.315. The molecule has 198 valence electrons. The summed E-state index contributed by atoms with van der Waals surface area (Å²) in [6, 6.07) is 29.0. The SMILES string of the molecule is CCCCNC1[C@@H](O)[C@H](OCc2ccccc2)C(OCc2ccccc2)[C@H](OCc2ccccc2)[C@H]1O. The number of hydrogen-bond acceptors (Lipinski definition) is 6. The van der Waals surface area contributed by atoms with Crippen LogP contribution in [0, 0.1) is 0 Å². The summed E-state index contributed by atoms with van der Waals surface area (Å²) >= 11 is 0. The third kappa shape index (κ3) is 7.71. The summed E-state index contributed by atoms with van der Waals surface area (Å²) in [5.41, 5.74) is 3.00. The van der Waals surface area contributed by atoms with Crippen LogP contribution < -0.4 is 5.32 Å². The van der Waals surface area contributed by atoms with E-state index in [1.165, 1.54) is 0 Å². The van der Waals surface area contributed by atoms with Gasteiger partial charge in [-0.05, 0) is 29.7 Å². The first-order valence-electron chi connectivity index (χ1n) is 13.2. The highest BCUT2D eigenvalue weighted by Gasteiger charge is 2.51. The van der Waals surface area contributed by atoms with E-state index in [1.807, 2.05) is 91.0 Å². The molecule has 0 aliphatic heterocycles. The number of benzene rings is 3. The number of hydrogen-bond donors (Lipinski definition) is 3. The Bertz CT molecular complexity index is 962. The van der Waals surface area contributed by atoms with Gasteiger partial charge in [0.05, 0.1) is 25.9 Å². The number of ether oxygens (including phenoxy) is 3. The van der Waals surface area contributed by atoms with Gasteiger partial charge in [-0.15, -0.1) is 0 Å². The van der Waals surface area contributed by atoms with Crippen LogP contribution in [-0.2, 0) is 34.0 Å². The summed E-state index contributed by atoms with van der Waals surface area (Å²) in [6.45, 7) is 3.74. The van der Waals surface area contributed by atoms with Crippen LogP contribution in [0.5, 0.6) is 0 Å². The minimum Gasteiger partial charge on any atom is -0.389 e. The second-order valence-electron chi connectivity index (χ2n) is 9.60. The van der Waals surface area contributed by atoms with Crippen molar-refractivity contribution < 1.29 is 24.4 Å². The van der Waals surface area contributed by atoms with E-state index in [-0.39, 0.29) is 0 Å². The van der Waals surface area contributed by atoms with Crippen LogP contribution in [0.4, 0.5) is 0 Å². The maximum Gasteiger partial charge on any atom is 0.115 e. The van der Waals surface area contributed by atoms with Crippen molar-refractivity contribution in [2.45, 2.75) is 76.1 Å². The molecule has 6 nitrogen and oxygen atoms in total. The van der Waals surface area contributed by atoms with E-state index in [1.54, 1.807) is 0 Å². The zero-order valence-electron chi connectivity index (χ0n) is 21.5. The fourth-order valence-electron chi connectivity index (χ4n) is 4.75. The van der Waals surface area contributed by atoms with E-state index >= 15 is 0 Å². The lowest BCUT2D eigenvalue weighted by Gasteiger charge is -2.47. The van der Waals surface area contributed by atoms with E-state index in [2.05, 4.69) is 12.2 Å². The van der Waals surface area contributed by atoms with Gasteiger partial charge in [-0.3, -0.25) is 0 Å². The maximum absolute atomic E-state index is 11.5. The monoisotopic (exact) mass is 505 g/mol. The summed E-state index contributed by atoms with van der Waals surface area (Å²) < 4.78 is 19.1. The molecule has 3 N–H and O–H groups in total. The highest BCUT2D eigenvalue weighted by atomic mass is 16.6. The van der Waals surface area contributed by atoms with Gasteiger partial charge in [0.1, 0.15) is 30.5 Å². The van der Waals surface area contributed by atoms with Gasteiger partial charge in [0, 0.05) is 0 Å². The van der Waals surface area contributed by atoms with Crippen molar-refractivity contribution >= 4 is 0 Å². The Morgan fingerprint density at radius 1 is 0.595 bits per heavy atom. The van der Waals surface area contributed by atoms with Crippen LogP contribution in [0.25, 0.3) is 0 Å². The van der Waals surface area contributed by atoms with Crippen molar-refractivity contribution in [1.29, 1.82) is 0 Å². The molecule has 1 aliphatic carbocycles. The van der Waals surface area contributed by atoms with Crippen molar-refractivity contribution in [3.8, 4) is 0 Å². The quantitative estimate of drug-likeness (QED) is 0.302. The summed E-state index contributed by atoms with van der Waals surface area (Å²) in [5.74, 6) is 0. The first-order valence-corrected chi connectivity index (χ1v) is 13.2. The number of rotatable bonds is 13. The average molecular weight is 506 g/mol. The van der Waals surface area contributed by atoms with E-state index in [0.717, 1.165) is 29.5 Å². The van der Waals surface area contributed by atoms with Gasteiger partial charge in [0.15, 0.2) is 0 Å². The van der Waals surface area contributed by atoms with Crippen LogP contribution in [-0.4, -0.2) is 53.3 Å². The summed E-state index contributed by atoms with van der Waals surface area (Å²) in [6.07, 6.45) is -2.09. The molecule has 0 aromatic heterocycles. The molecule has 6 heteroatoms. The Balaban J connectivity index is 1.58. The van der Waals surface area contributed by atoms with Gasteiger partial charge in [-0.2, -0.15) is 0 Å². The Labute approximate surface area is 220 Å². The lowest BCUT2D eigenvalue weighted by atomic mass is 9.82. The van der Waals surface area contributed by atoms with Gasteiger partial charge in [0.2, 0.25) is 0 Å². The molecule has 0 spiro atoms. The molecular formula is C31H39NO5. The Morgan fingerprint density at radius 2 is 0.973 bits per heavy atom. The molecule has 1 saturated carbocycles. The summed E-state index contributed by atoms with van der Waals surface area (Å²) in [4.78, 5) is 0. The molecule has 3 aromatic rings. The molecule has 1 aliphatic rings. The molecule has 0 amide bonds. The topological polar surface area (TPSA) is 80.2 Å². The zero-order chi connectivity index (χ0) is 25.9. The Morgan fingerprint density at radius 3 is 1.35 bits per heavy atom. The number of aliphatic hydroxyl groups is 2. The Kier molecular flexibility index (Phi) is 10.7. The predicted molar refractivity (Wildman–Crippen MR) is 144 cm³/mol. The normalized spacial score (nSPS) is 25.7. The minimum atomic E-state index is -0.979. The molecule has 2 unspecified atom stereocenters. The summed E-state index contributed by atoms with van der Waals surface area (Å²) in [7, 11) is 0. The van der Waals surface area contributed by atoms with Crippen LogP contribution in [0.2, 0.25) is 0 Å². The third-order valence-electron chi connectivity index (χ3n) is 6.82. The molecule has 37 heavy (non-hydrogen) atoms. The van der Waals surface area contributed by atoms with Gasteiger partial charge in [0.25, 0.3) is 0 Å². The fraction of sp³-hybridized carbons (Fsp3) is 0.419. The van der Waals surface area contributed by atoms with Crippen molar-refractivity contribution in [2.75, 3.05) is 6.54 Å². The van der Waals surface area contributed by atoms with Crippen LogP contribution in [0.1, 0.15) is 36.5 Å². The largest absolute Gasteiger partial charge is 0.389 e. The molecule has 3 aromatic carbocycles. The van der Waals surface area contributed by atoms with Crippen molar-refractivity contribution in [3.63, 3.8) is 0 Å². The highest BCUT2D eigenvalue weighted by molar-refractivity contribution is 5.16. The number of aliphatic hydroxyl groups excluding tert-OH is 2. The molecule has 0 saturated heterocycles. The number of unbranched alkanes of at least 4 members (excludes halogenated alkanes) is 1. The summed E-state index contributed by atoms with van der Waals surface area (Å²) in [5, 5.41) is 26.3. The first kappa shape index (κ1) is 27.5. The molecular weight excluding hydrogens is 466 g/mol. The molecule has 6 atom stereocenters. The lowest BCUT2D eigenvalue weighted by Crippen LogP contribution is -2.69. The van der Waals surface area contributed by atoms with Crippen LogP contribution in [0.15, 0.2) is 91.0 Å². The maximum atomic E-state index is 11.5. The van der Waals surface area contributed by atoms with Gasteiger partial charge in [-0.1, -0.05) is 104 Å². The molecule has 1 fully saturated rings. The van der Waals surface area contributed by atoms with Gasteiger partial charge >= 0.3 is 0 Å². The van der Waals surface area contributed by atoms with Crippen molar-refractivity contribution in [3.05, 3.63) is 108 Å². The second-order valence-corrected chi connectivity index (χ2v) is 9.60. The van der Waals surface area contributed by atoms with Gasteiger partial charge in [-0.25, -0.2) is 0 Å². The van der Waals surface area contributed by atoms with Crippen molar-refractivity contribution in [2.24, 2.45) is 0 Å². The van der Waals surface area contributed by atoms with E-state index in [9.17, 15) is 10.2 Å². The van der Waals surface area contributed by atoms with Crippen LogP contribution in [0.3, 0.4) is 0 Å². The van der Waals surface area contributed by atoms with Crippen LogP contribution >= 0.6 is 0 Å². The lowest BCUT2D eigenvalue weighted by molar-refractivity contribution is -0.240. The molecule has 4 rings (SSSR count). The average Bonchev–Trinajstić information content (AvgIpc) is 2.94. The third-order valence-corrected chi connectivity index (χ3v) is 6.82. The smallest absolute Gasteiger partial charge is 0.115 e. The highest BCUT2D eigenvalue weighted by Crippen LogP contribution is 2.30. The fourth-order valence-corrected chi connectivity index (χ4v) is 4.75. The van der Waals surface area contributed by atoms with Gasteiger partial charge < -0.3 is 29.7 Å². The second kappa shape index (κ2) is 14.4. The number of nitrogens with one attached hydrogen (secondary N) is 1. The molecule has 0 heterocycles. The predicted octanol–water partition coefficient (Wildman–Crippen LogP) is 4.24. The van der Waals surface area contributed by atoms with Crippen molar-refractivity contribution in [1.82, 2.24) is 5.32 Å².